The molecule has 0 aromatic carbocycles. The first kappa shape index (κ1) is 33.5. The zero-order chi connectivity index (χ0) is 26.2. The summed E-state index contributed by atoms with van der Waals surface area (Å²) < 4.78 is 9.37. The van der Waals surface area contributed by atoms with Crippen LogP contribution in [0.4, 0.5) is 0 Å². The molecule has 0 saturated heterocycles. The number of nitrogens with two attached hydrogens (primary N) is 1. The van der Waals surface area contributed by atoms with Crippen LogP contribution in [-0.2, 0) is 23.9 Å². The van der Waals surface area contributed by atoms with Gasteiger partial charge < -0.3 is 20.5 Å². The van der Waals surface area contributed by atoms with E-state index in [1.807, 2.05) is 0 Å². The van der Waals surface area contributed by atoms with Gasteiger partial charge in [-0.1, -0.05) is 84.9 Å². The third kappa shape index (κ3) is 20.4. The van der Waals surface area contributed by atoms with E-state index in [4.69, 9.17) is 10.5 Å². The second kappa shape index (κ2) is 24.3. The number of allylic oxidation sites excluding steroid dienone is 4. The summed E-state index contributed by atoms with van der Waals surface area (Å²) in [6.45, 7) is 2.23. The van der Waals surface area contributed by atoms with Crippen molar-refractivity contribution in [3.8, 4) is 0 Å². The quantitative estimate of drug-likeness (QED) is 0.0836. The van der Waals surface area contributed by atoms with Gasteiger partial charge in [-0.05, 0) is 38.5 Å². The summed E-state index contributed by atoms with van der Waals surface area (Å²) in [5.74, 6) is -0.426. The molecule has 0 aromatic rings. The largest absolute Gasteiger partial charge is 0.468 e. The SMILES string of the molecule is CCCCC/C=C\C/C=C\CCCCCCCC(=O)N[C@@H](CSSCC(N)C(=O)OC)C(=O)OC. The molecule has 35 heavy (non-hydrogen) atoms. The van der Waals surface area contributed by atoms with Crippen molar-refractivity contribution in [3.05, 3.63) is 24.3 Å². The van der Waals surface area contributed by atoms with Crippen LogP contribution < -0.4 is 11.1 Å². The fraction of sp³-hybridized carbons (Fsp3) is 0.731. The Hall–Kier alpha value is -1.45. The summed E-state index contributed by atoms with van der Waals surface area (Å²) in [5.41, 5.74) is 5.68. The van der Waals surface area contributed by atoms with Crippen molar-refractivity contribution in [1.82, 2.24) is 5.32 Å². The van der Waals surface area contributed by atoms with Crippen molar-refractivity contribution in [2.24, 2.45) is 5.73 Å². The number of rotatable bonds is 22. The third-order valence-electron chi connectivity index (χ3n) is 5.24. The standard InChI is InChI=1S/C26H46N2O5S2/c1-4-5-6-7-8-9-10-11-12-13-14-15-16-17-18-19-24(29)28-23(26(31)33-3)21-35-34-20-22(27)25(30)32-2/h8-9,11-12,22-23H,4-7,10,13-21,27H2,1-3H3,(H,28,29)/b9-8-,12-11-/t22?,23-/m0/s1. The second-order valence-corrected chi connectivity index (χ2v) is 10.9. The van der Waals surface area contributed by atoms with Crippen molar-refractivity contribution in [2.45, 2.75) is 96.1 Å². The molecule has 202 valence electrons. The molecular weight excluding hydrogens is 484 g/mol. The number of nitrogens with one attached hydrogen (secondary N) is 1. The molecule has 1 unspecified atom stereocenters. The van der Waals surface area contributed by atoms with Crippen LogP contribution in [-0.4, -0.2) is 55.7 Å². The predicted molar refractivity (Wildman–Crippen MR) is 148 cm³/mol. The van der Waals surface area contributed by atoms with E-state index in [2.05, 4.69) is 41.3 Å². The highest BCUT2D eigenvalue weighted by molar-refractivity contribution is 8.76. The number of carbonyl (C=O) groups excluding carboxylic acids is 3. The van der Waals surface area contributed by atoms with Gasteiger partial charge in [-0.3, -0.25) is 9.59 Å². The summed E-state index contributed by atoms with van der Waals surface area (Å²) in [7, 11) is 5.30. The molecule has 3 N–H and O–H groups in total. The van der Waals surface area contributed by atoms with Crippen molar-refractivity contribution in [1.29, 1.82) is 0 Å². The lowest BCUT2D eigenvalue weighted by Crippen LogP contribution is -2.43. The van der Waals surface area contributed by atoms with E-state index < -0.39 is 24.0 Å². The van der Waals surface area contributed by atoms with E-state index in [0.29, 0.717) is 17.9 Å². The Morgan fingerprint density at radius 3 is 2.00 bits per heavy atom. The van der Waals surface area contributed by atoms with Crippen LogP contribution in [0.5, 0.6) is 0 Å². The molecule has 0 aromatic heterocycles. The van der Waals surface area contributed by atoms with Crippen molar-refractivity contribution >= 4 is 39.4 Å². The van der Waals surface area contributed by atoms with Gasteiger partial charge in [-0.15, -0.1) is 0 Å². The monoisotopic (exact) mass is 530 g/mol. The Balaban J connectivity index is 3.87. The van der Waals surface area contributed by atoms with Crippen LogP contribution in [0.3, 0.4) is 0 Å². The Morgan fingerprint density at radius 2 is 1.37 bits per heavy atom. The van der Waals surface area contributed by atoms with Crippen molar-refractivity contribution in [3.63, 3.8) is 0 Å². The fourth-order valence-corrected chi connectivity index (χ4v) is 5.39. The van der Waals surface area contributed by atoms with Crippen LogP contribution in [0.15, 0.2) is 24.3 Å². The van der Waals surface area contributed by atoms with Gasteiger partial charge in [0.1, 0.15) is 12.1 Å². The van der Waals surface area contributed by atoms with Crippen molar-refractivity contribution in [2.75, 3.05) is 25.7 Å². The summed E-state index contributed by atoms with van der Waals surface area (Å²) in [4.78, 5) is 35.5. The zero-order valence-electron chi connectivity index (χ0n) is 21.8. The molecule has 9 heteroatoms. The van der Waals surface area contributed by atoms with E-state index in [0.717, 1.165) is 38.5 Å². The van der Waals surface area contributed by atoms with Crippen LogP contribution in [0.2, 0.25) is 0 Å². The van der Waals surface area contributed by atoms with Crippen LogP contribution in [0.1, 0.15) is 84.0 Å². The first-order valence-electron chi connectivity index (χ1n) is 12.7. The molecular formula is C26H46N2O5S2. The number of carbonyl (C=O) groups is 3. The normalized spacial score (nSPS) is 13.1. The lowest BCUT2D eigenvalue weighted by molar-refractivity contribution is -0.144. The average molecular weight is 531 g/mol. The molecule has 1 amide bonds. The molecule has 0 saturated carbocycles. The average Bonchev–Trinajstić information content (AvgIpc) is 2.86. The van der Waals surface area contributed by atoms with Crippen LogP contribution in [0, 0.1) is 0 Å². The maximum atomic E-state index is 12.2. The lowest BCUT2D eigenvalue weighted by atomic mass is 10.1. The van der Waals surface area contributed by atoms with Crippen molar-refractivity contribution < 1.29 is 23.9 Å². The summed E-state index contributed by atoms with van der Waals surface area (Å²) >= 11 is 0. The highest BCUT2D eigenvalue weighted by Crippen LogP contribution is 2.23. The van der Waals surface area contributed by atoms with Gasteiger partial charge in [0.2, 0.25) is 5.91 Å². The van der Waals surface area contributed by atoms with E-state index in [9.17, 15) is 14.4 Å². The van der Waals surface area contributed by atoms with E-state index in [-0.39, 0.29) is 5.91 Å². The van der Waals surface area contributed by atoms with Gasteiger partial charge in [0.25, 0.3) is 0 Å². The molecule has 0 radical (unpaired) electrons. The Kier molecular flexibility index (Phi) is 23.2. The number of hydrogen-bond acceptors (Lipinski definition) is 8. The molecule has 0 fully saturated rings. The summed E-state index contributed by atoms with van der Waals surface area (Å²) in [6.07, 6.45) is 21.8. The van der Waals surface area contributed by atoms with E-state index in [1.165, 1.54) is 67.9 Å². The molecule has 0 bridgehead atoms. The lowest BCUT2D eigenvalue weighted by Gasteiger charge is -2.16. The topological polar surface area (TPSA) is 108 Å². The van der Waals surface area contributed by atoms with Gasteiger partial charge in [0, 0.05) is 17.9 Å². The Morgan fingerprint density at radius 1 is 0.800 bits per heavy atom. The number of amides is 1. The number of methoxy groups -OCH3 is 2. The molecule has 2 atom stereocenters. The van der Waals surface area contributed by atoms with E-state index in [1.54, 1.807) is 0 Å². The summed E-state index contributed by atoms with van der Waals surface area (Å²) in [5, 5.41) is 2.75. The van der Waals surface area contributed by atoms with Gasteiger partial charge in [0.15, 0.2) is 0 Å². The van der Waals surface area contributed by atoms with Crippen LogP contribution >= 0.6 is 21.6 Å². The molecule has 0 aliphatic rings. The molecule has 0 rings (SSSR count). The smallest absolute Gasteiger partial charge is 0.329 e. The minimum atomic E-state index is -0.725. The highest BCUT2D eigenvalue weighted by atomic mass is 33.1. The molecule has 7 nitrogen and oxygen atoms in total. The van der Waals surface area contributed by atoms with Gasteiger partial charge >= 0.3 is 11.9 Å². The molecule has 0 aliphatic heterocycles. The Bertz CT molecular complexity index is 629. The number of esters is 2. The molecule has 0 spiro atoms. The minimum Gasteiger partial charge on any atom is -0.468 e. The predicted octanol–water partition coefficient (Wildman–Crippen LogP) is 5.34. The number of unbranched alkanes of at least 4 members (excludes halogenated alkanes) is 8. The van der Waals surface area contributed by atoms with Gasteiger partial charge in [-0.25, -0.2) is 4.79 Å². The molecule has 0 aliphatic carbocycles. The fourth-order valence-electron chi connectivity index (χ4n) is 3.13. The number of ether oxygens (including phenoxy) is 2. The van der Waals surface area contributed by atoms with E-state index >= 15 is 0 Å². The second-order valence-electron chi connectivity index (χ2n) is 8.32. The van der Waals surface area contributed by atoms with Gasteiger partial charge in [-0.2, -0.15) is 0 Å². The molecule has 0 heterocycles. The third-order valence-corrected chi connectivity index (χ3v) is 7.69. The minimum absolute atomic E-state index is 0.150. The van der Waals surface area contributed by atoms with Crippen LogP contribution in [0.25, 0.3) is 0 Å². The summed E-state index contributed by atoms with van der Waals surface area (Å²) in [6, 6.07) is -1.45. The first-order valence-corrected chi connectivity index (χ1v) is 15.2. The number of hydrogen-bond donors (Lipinski definition) is 2. The maximum absolute atomic E-state index is 12.2. The zero-order valence-corrected chi connectivity index (χ0v) is 23.4. The highest BCUT2D eigenvalue weighted by Gasteiger charge is 2.22. The van der Waals surface area contributed by atoms with Gasteiger partial charge in [0.05, 0.1) is 14.2 Å². The Labute approximate surface area is 220 Å². The maximum Gasteiger partial charge on any atom is 0.329 e. The first-order chi connectivity index (χ1) is 17.0.